The molecule has 10 heteroatoms. The van der Waals surface area contributed by atoms with Gasteiger partial charge in [-0.05, 0) is 50.2 Å². The third kappa shape index (κ3) is 5.36. The molecule has 3 aromatic rings. The number of hydrogen-bond donors (Lipinski definition) is 0. The molecule has 172 valence electrons. The first-order chi connectivity index (χ1) is 14.9. The molecule has 0 radical (unpaired) electrons. The van der Waals surface area contributed by atoms with Crippen molar-refractivity contribution in [2.24, 2.45) is 0 Å². The first-order valence-electron chi connectivity index (χ1n) is 9.69. The minimum Gasteiger partial charge on any atom is -0.308 e. The Kier molecular flexibility index (Phi) is 7.06. The molecule has 3 rings (SSSR count). The lowest BCUT2D eigenvalue weighted by Crippen LogP contribution is -2.23. The van der Waals surface area contributed by atoms with Gasteiger partial charge in [-0.25, -0.2) is 8.42 Å². The van der Waals surface area contributed by atoms with Crippen molar-refractivity contribution in [2.75, 3.05) is 33.2 Å². The highest BCUT2D eigenvalue weighted by Gasteiger charge is 2.40. The molecule has 0 aliphatic heterocycles. The standard InChI is InChI=1S/C22H24F3N3O2S2/c1-27(2)13-14-28-21(22(23,24)25)19(15-5-9-17(31-3)10-6-15)20(26-28)16-7-11-18(12-8-16)32(4,29)30/h5-12H,13-14H2,1-4H3. The largest absolute Gasteiger partial charge is 0.433 e. The quantitative estimate of drug-likeness (QED) is 0.447. The Morgan fingerprint density at radius 2 is 1.56 bits per heavy atom. The Morgan fingerprint density at radius 1 is 1.00 bits per heavy atom. The number of rotatable bonds is 7. The number of halogens is 3. The maximum absolute atomic E-state index is 14.3. The summed E-state index contributed by atoms with van der Waals surface area (Å²) in [6.45, 7) is 0.432. The molecule has 5 nitrogen and oxygen atoms in total. The van der Waals surface area contributed by atoms with E-state index in [1.165, 1.54) is 36.0 Å². The zero-order valence-corrected chi connectivity index (χ0v) is 19.8. The summed E-state index contributed by atoms with van der Waals surface area (Å²) in [7, 11) is 0.133. The Morgan fingerprint density at radius 3 is 2.03 bits per heavy atom. The fraction of sp³-hybridized carbons (Fsp3) is 0.318. The smallest absolute Gasteiger partial charge is 0.308 e. The van der Waals surface area contributed by atoms with Gasteiger partial charge in [0, 0.05) is 28.8 Å². The van der Waals surface area contributed by atoms with Gasteiger partial charge in [0.2, 0.25) is 0 Å². The normalized spacial score (nSPS) is 12.5. The van der Waals surface area contributed by atoms with Crippen LogP contribution in [0.3, 0.4) is 0 Å². The number of sulfone groups is 1. The minimum atomic E-state index is -4.63. The highest BCUT2D eigenvalue weighted by Crippen LogP contribution is 2.43. The second kappa shape index (κ2) is 9.29. The SMILES string of the molecule is CSc1ccc(-c2c(-c3ccc(S(C)(=O)=O)cc3)nn(CCN(C)C)c2C(F)(F)F)cc1. The Balaban J connectivity index is 2.26. The van der Waals surface area contributed by atoms with Gasteiger partial charge in [-0.1, -0.05) is 24.3 Å². The molecule has 0 amide bonds. The van der Waals surface area contributed by atoms with Gasteiger partial charge in [-0.2, -0.15) is 18.3 Å². The number of thioether (sulfide) groups is 1. The summed E-state index contributed by atoms with van der Waals surface area (Å²) in [6, 6.07) is 12.6. The third-order valence-corrected chi connectivity index (χ3v) is 6.79. The van der Waals surface area contributed by atoms with Gasteiger partial charge in [0.15, 0.2) is 15.5 Å². The van der Waals surface area contributed by atoms with Crippen LogP contribution in [0.15, 0.2) is 58.3 Å². The van der Waals surface area contributed by atoms with E-state index in [4.69, 9.17) is 0 Å². The van der Waals surface area contributed by atoms with Crippen molar-refractivity contribution in [2.45, 2.75) is 22.5 Å². The Hall–Kier alpha value is -2.30. The summed E-state index contributed by atoms with van der Waals surface area (Å²) in [6.07, 6.45) is -1.65. The second-order valence-electron chi connectivity index (χ2n) is 7.62. The van der Waals surface area contributed by atoms with E-state index in [0.717, 1.165) is 15.8 Å². The van der Waals surface area contributed by atoms with Crippen molar-refractivity contribution in [3.63, 3.8) is 0 Å². The molecule has 1 heterocycles. The zero-order valence-electron chi connectivity index (χ0n) is 18.1. The van der Waals surface area contributed by atoms with Crippen LogP contribution in [-0.2, 0) is 22.6 Å². The van der Waals surface area contributed by atoms with Crippen LogP contribution in [0.5, 0.6) is 0 Å². The van der Waals surface area contributed by atoms with Crippen LogP contribution in [0.1, 0.15) is 5.69 Å². The van der Waals surface area contributed by atoms with E-state index in [1.54, 1.807) is 43.3 Å². The molecule has 0 bridgehead atoms. The predicted octanol–water partition coefficient (Wildman–Crippen LogP) is 4.92. The van der Waals surface area contributed by atoms with Gasteiger partial charge in [-0.3, -0.25) is 4.68 Å². The molecule has 0 aliphatic carbocycles. The van der Waals surface area contributed by atoms with E-state index in [-0.39, 0.29) is 22.7 Å². The molecule has 0 aliphatic rings. The van der Waals surface area contributed by atoms with Crippen molar-refractivity contribution >= 4 is 21.6 Å². The van der Waals surface area contributed by atoms with Gasteiger partial charge in [-0.15, -0.1) is 11.8 Å². The summed E-state index contributed by atoms with van der Waals surface area (Å²) in [5, 5.41) is 4.34. The lowest BCUT2D eigenvalue weighted by molar-refractivity contribution is -0.143. The monoisotopic (exact) mass is 483 g/mol. The van der Waals surface area contributed by atoms with Gasteiger partial charge in [0.05, 0.1) is 11.4 Å². The van der Waals surface area contributed by atoms with Crippen LogP contribution in [0, 0.1) is 0 Å². The Bertz CT molecular complexity index is 1180. The fourth-order valence-electron chi connectivity index (χ4n) is 3.30. The summed E-state index contributed by atoms with van der Waals surface area (Å²) in [5.41, 5.74) is 0.131. The van der Waals surface area contributed by atoms with E-state index in [2.05, 4.69) is 5.10 Å². The molecule has 32 heavy (non-hydrogen) atoms. The first kappa shape index (κ1) is 24.3. The molecular weight excluding hydrogens is 459 g/mol. The molecule has 0 atom stereocenters. The lowest BCUT2D eigenvalue weighted by Gasteiger charge is -2.15. The zero-order chi connectivity index (χ0) is 23.7. The van der Waals surface area contributed by atoms with Crippen LogP contribution < -0.4 is 0 Å². The van der Waals surface area contributed by atoms with Gasteiger partial charge < -0.3 is 4.90 Å². The van der Waals surface area contributed by atoms with Gasteiger partial charge in [0.25, 0.3) is 0 Å². The van der Waals surface area contributed by atoms with Gasteiger partial charge >= 0.3 is 6.18 Å². The summed E-state index contributed by atoms with van der Waals surface area (Å²) in [4.78, 5) is 2.81. The second-order valence-corrected chi connectivity index (χ2v) is 10.5. The van der Waals surface area contributed by atoms with Crippen molar-refractivity contribution in [1.82, 2.24) is 14.7 Å². The third-order valence-electron chi connectivity index (χ3n) is 4.91. The highest BCUT2D eigenvalue weighted by molar-refractivity contribution is 7.98. The highest BCUT2D eigenvalue weighted by atomic mass is 32.2. The minimum absolute atomic E-state index is 0.0176. The van der Waals surface area contributed by atoms with E-state index >= 15 is 0 Å². The predicted molar refractivity (Wildman–Crippen MR) is 122 cm³/mol. The molecule has 0 N–H and O–H groups in total. The number of aromatic nitrogens is 2. The maximum Gasteiger partial charge on any atom is 0.433 e. The molecule has 0 fully saturated rings. The number of hydrogen-bond acceptors (Lipinski definition) is 5. The lowest BCUT2D eigenvalue weighted by atomic mass is 9.98. The molecule has 0 unspecified atom stereocenters. The van der Waals surface area contributed by atoms with E-state index < -0.39 is 21.7 Å². The van der Waals surface area contributed by atoms with Crippen molar-refractivity contribution < 1.29 is 21.6 Å². The van der Waals surface area contributed by atoms with Gasteiger partial charge in [0.1, 0.15) is 5.69 Å². The number of likely N-dealkylation sites (N-methyl/N-ethyl adjacent to an activating group) is 1. The van der Waals surface area contributed by atoms with E-state index in [0.29, 0.717) is 17.7 Å². The van der Waals surface area contributed by atoms with E-state index in [1.807, 2.05) is 6.26 Å². The molecule has 2 aromatic carbocycles. The van der Waals surface area contributed by atoms with Crippen LogP contribution >= 0.6 is 11.8 Å². The molecule has 0 spiro atoms. The number of nitrogens with zero attached hydrogens (tertiary/aromatic N) is 3. The maximum atomic E-state index is 14.3. The van der Waals surface area contributed by atoms with Crippen LogP contribution in [0.4, 0.5) is 13.2 Å². The first-order valence-corrected chi connectivity index (χ1v) is 12.8. The number of alkyl halides is 3. The molecule has 0 saturated heterocycles. The topological polar surface area (TPSA) is 55.2 Å². The molecule has 1 aromatic heterocycles. The van der Waals surface area contributed by atoms with Crippen molar-refractivity contribution in [3.05, 3.63) is 54.2 Å². The van der Waals surface area contributed by atoms with Crippen LogP contribution in [0.2, 0.25) is 0 Å². The van der Waals surface area contributed by atoms with Crippen LogP contribution in [-0.4, -0.2) is 56.2 Å². The molecule has 0 saturated carbocycles. The number of benzene rings is 2. The van der Waals surface area contributed by atoms with Crippen molar-refractivity contribution in [3.8, 4) is 22.4 Å². The summed E-state index contributed by atoms with van der Waals surface area (Å²) >= 11 is 1.50. The Labute approximate surface area is 190 Å². The summed E-state index contributed by atoms with van der Waals surface area (Å²) in [5.74, 6) is 0. The average Bonchev–Trinajstić information content (AvgIpc) is 3.12. The molecular formula is C22H24F3N3O2S2. The average molecular weight is 484 g/mol. The van der Waals surface area contributed by atoms with Crippen molar-refractivity contribution in [1.29, 1.82) is 0 Å². The summed E-state index contributed by atoms with van der Waals surface area (Å²) < 4.78 is 67.4. The van der Waals surface area contributed by atoms with E-state index in [9.17, 15) is 21.6 Å². The fourth-order valence-corrected chi connectivity index (χ4v) is 4.34. The van der Waals surface area contributed by atoms with Crippen LogP contribution in [0.25, 0.3) is 22.4 Å².